The molecule has 18 heavy (non-hydrogen) atoms. The number of rotatable bonds is 5. The maximum atomic E-state index is 12.1. The fourth-order valence-electron chi connectivity index (χ4n) is 2.09. The lowest BCUT2D eigenvalue weighted by atomic mass is 10.1. The SMILES string of the molecule is COC(=O)c1[nH]c(C)c(C(=O)CNC2CC2)c1C. The van der Waals surface area contributed by atoms with E-state index >= 15 is 0 Å². The number of ether oxygens (including phenoxy) is 1. The Morgan fingerprint density at radius 2 is 2.06 bits per heavy atom. The Kier molecular flexibility index (Phi) is 3.52. The van der Waals surface area contributed by atoms with Crippen molar-refractivity contribution in [3.05, 3.63) is 22.5 Å². The van der Waals surface area contributed by atoms with Gasteiger partial charge in [0, 0.05) is 17.3 Å². The molecule has 1 aromatic rings. The molecule has 0 atom stereocenters. The summed E-state index contributed by atoms with van der Waals surface area (Å²) in [5, 5.41) is 3.18. The zero-order valence-corrected chi connectivity index (χ0v) is 10.9. The molecule has 1 aliphatic carbocycles. The topological polar surface area (TPSA) is 71.2 Å². The Bertz CT molecular complexity index is 487. The van der Waals surface area contributed by atoms with E-state index in [-0.39, 0.29) is 5.78 Å². The number of ketones is 1. The first kappa shape index (κ1) is 12.8. The Labute approximate surface area is 106 Å². The van der Waals surface area contributed by atoms with Gasteiger partial charge >= 0.3 is 5.97 Å². The molecule has 2 rings (SSSR count). The second kappa shape index (κ2) is 4.94. The molecule has 0 bridgehead atoms. The predicted octanol–water partition coefficient (Wildman–Crippen LogP) is 1.35. The highest BCUT2D eigenvalue weighted by Gasteiger charge is 2.25. The number of aromatic nitrogens is 1. The van der Waals surface area contributed by atoms with Crippen LogP contribution in [-0.4, -0.2) is 36.4 Å². The van der Waals surface area contributed by atoms with E-state index in [4.69, 9.17) is 0 Å². The molecule has 1 saturated carbocycles. The highest BCUT2D eigenvalue weighted by atomic mass is 16.5. The molecule has 2 N–H and O–H groups in total. The molecule has 98 valence electrons. The van der Waals surface area contributed by atoms with Gasteiger partial charge in [0.2, 0.25) is 0 Å². The number of carbonyl (C=O) groups excluding carboxylic acids is 2. The van der Waals surface area contributed by atoms with Crippen LogP contribution in [0.4, 0.5) is 0 Å². The van der Waals surface area contributed by atoms with Crippen molar-refractivity contribution < 1.29 is 14.3 Å². The molecule has 0 saturated heterocycles. The van der Waals surface area contributed by atoms with Gasteiger partial charge in [-0.2, -0.15) is 0 Å². The van der Waals surface area contributed by atoms with Crippen LogP contribution in [0.5, 0.6) is 0 Å². The number of hydrogen-bond donors (Lipinski definition) is 2. The molecule has 1 aliphatic rings. The molecule has 0 amide bonds. The first-order valence-electron chi connectivity index (χ1n) is 6.08. The minimum absolute atomic E-state index is 0.0169. The fraction of sp³-hybridized carbons (Fsp3) is 0.538. The number of hydrogen-bond acceptors (Lipinski definition) is 4. The monoisotopic (exact) mass is 250 g/mol. The van der Waals surface area contributed by atoms with Gasteiger partial charge in [-0.25, -0.2) is 4.79 Å². The van der Waals surface area contributed by atoms with Crippen molar-refractivity contribution >= 4 is 11.8 Å². The summed E-state index contributed by atoms with van der Waals surface area (Å²) >= 11 is 0. The van der Waals surface area contributed by atoms with Crippen LogP contribution < -0.4 is 5.32 Å². The van der Waals surface area contributed by atoms with Gasteiger partial charge in [-0.1, -0.05) is 0 Å². The highest BCUT2D eigenvalue weighted by Crippen LogP contribution is 2.21. The molecule has 0 spiro atoms. The first-order valence-corrected chi connectivity index (χ1v) is 6.08. The standard InChI is InChI=1S/C13H18N2O3/c1-7-11(10(16)6-14-9-4-5-9)8(2)15-12(7)13(17)18-3/h9,14-15H,4-6H2,1-3H3. The smallest absolute Gasteiger partial charge is 0.354 e. The molecular weight excluding hydrogens is 232 g/mol. The maximum Gasteiger partial charge on any atom is 0.354 e. The second-order valence-electron chi connectivity index (χ2n) is 4.69. The summed E-state index contributed by atoms with van der Waals surface area (Å²) in [6.45, 7) is 3.88. The third-order valence-corrected chi connectivity index (χ3v) is 3.23. The molecule has 1 aromatic heterocycles. The lowest BCUT2D eigenvalue weighted by Gasteiger charge is -2.03. The van der Waals surface area contributed by atoms with Gasteiger partial charge in [0.05, 0.1) is 13.7 Å². The summed E-state index contributed by atoms with van der Waals surface area (Å²) < 4.78 is 4.68. The summed E-state index contributed by atoms with van der Waals surface area (Å²) in [5.74, 6) is -0.423. The van der Waals surface area contributed by atoms with E-state index in [0.29, 0.717) is 29.4 Å². The number of methoxy groups -OCH3 is 1. The van der Waals surface area contributed by atoms with E-state index < -0.39 is 5.97 Å². The van der Waals surface area contributed by atoms with Gasteiger partial charge in [0.25, 0.3) is 0 Å². The fourth-order valence-corrected chi connectivity index (χ4v) is 2.09. The number of esters is 1. The van der Waals surface area contributed by atoms with E-state index in [2.05, 4.69) is 15.0 Å². The summed E-state index contributed by atoms with van der Waals surface area (Å²) in [5.41, 5.74) is 2.35. The molecule has 0 radical (unpaired) electrons. The second-order valence-corrected chi connectivity index (χ2v) is 4.69. The van der Waals surface area contributed by atoms with Crippen molar-refractivity contribution in [2.45, 2.75) is 32.7 Å². The molecule has 0 unspecified atom stereocenters. The highest BCUT2D eigenvalue weighted by molar-refractivity contribution is 6.03. The number of H-pyrrole nitrogens is 1. The van der Waals surface area contributed by atoms with E-state index in [0.717, 1.165) is 18.5 Å². The van der Waals surface area contributed by atoms with Crippen LogP contribution in [0.1, 0.15) is 44.9 Å². The summed E-state index contributed by atoms with van der Waals surface area (Å²) in [4.78, 5) is 26.6. The normalized spacial score (nSPS) is 14.6. The van der Waals surface area contributed by atoms with Gasteiger partial charge in [0.1, 0.15) is 5.69 Å². The third kappa shape index (κ3) is 2.46. The molecule has 1 fully saturated rings. The zero-order chi connectivity index (χ0) is 13.3. The average Bonchev–Trinajstić information content (AvgIpc) is 3.12. The van der Waals surface area contributed by atoms with Crippen molar-refractivity contribution in [3.63, 3.8) is 0 Å². The Morgan fingerprint density at radius 3 is 2.61 bits per heavy atom. The van der Waals surface area contributed by atoms with E-state index in [9.17, 15) is 9.59 Å². The Morgan fingerprint density at radius 1 is 1.39 bits per heavy atom. The van der Waals surface area contributed by atoms with E-state index in [1.807, 2.05) is 0 Å². The molecule has 0 aromatic carbocycles. The number of aromatic amines is 1. The third-order valence-electron chi connectivity index (χ3n) is 3.23. The predicted molar refractivity (Wildman–Crippen MR) is 67.0 cm³/mol. The van der Waals surface area contributed by atoms with Crippen LogP contribution >= 0.6 is 0 Å². The molecule has 1 heterocycles. The van der Waals surface area contributed by atoms with Gasteiger partial charge < -0.3 is 15.0 Å². The molecular formula is C13H18N2O3. The Balaban J connectivity index is 2.18. The average molecular weight is 250 g/mol. The van der Waals surface area contributed by atoms with Crippen LogP contribution in [0.15, 0.2) is 0 Å². The van der Waals surface area contributed by atoms with Gasteiger partial charge in [-0.15, -0.1) is 0 Å². The van der Waals surface area contributed by atoms with Crippen molar-refractivity contribution in [3.8, 4) is 0 Å². The van der Waals surface area contributed by atoms with Gasteiger partial charge in [-0.05, 0) is 32.3 Å². The number of aryl methyl sites for hydroxylation is 1. The quantitative estimate of drug-likeness (QED) is 0.611. The van der Waals surface area contributed by atoms with Gasteiger partial charge in [-0.3, -0.25) is 4.79 Å². The van der Waals surface area contributed by atoms with Crippen molar-refractivity contribution in [1.29, 1.82) is 0 Å². The lowest BCUT2D eigenvalue weighted by Crippen LogP contribution is -2.25. The number of carbonyl (C=O) groups is 2. The maximum absolute atomic E-state index is 12.1. The van der Waals surface area contributed by atoms with Crippen LogP contribution in [-0.2, 0) is 4.74 Å². The van der Waals surface area contributed by atoms with Crippen molar-refractivity contribution in [2.75, 3.05) is 13.7 Å². The van der Waals surface area contributed by atoms with Gasteiger partial charge in [0.15, 0.2) is 5.78 Å². The van der Waals surface area contributed by atoms with Crippen LogP contribution in [0, 0.1) is 13.8 Å². The van der Waals surface area contributed by atoms with E-state index in [1.165, 1.54) is 7.11 Å². The minimum atomic E-state index is -0.440. The largest absolute Gasteiger partial charge is 0.464 e. The van der Waals surface area contributed by atoms with Crippen LogP contribution in [0.25, 0.3) is 0 Å². The molecule has 0 aliphatic heterocycles. The van der Waals surface area contributed by atoms with Crippen LogP contribution in [0.2, 0.25) is 0 Å². The lowest BCUT2D eigenvalue weighted by molar-refractivity contribution is 0.0594. The molecule has 5 heteroatoms. The summed E-state index contributed by atoms with van der Waals surface area (Å²) in [6, 6.07) is 0.494. The van der Waals surface area contributed by atoms with Crippen molar-refractivity contribution in [2.24, 2.45) is 0 Å². The summed E-state index contributed by atoms with van der Waals surface area (Å²) in [6.07, 6.45) is 2.29. The molecule has 5 nitrogen and oxygen atoms in total. The summed E-state index contributed by atoms with van der Waals surface area (Å²) in [7, 11) is 1.33. The van der Waals surface area contributed by atoms with Crippen LogP contribution in [0.3, 0.4) is 0 Å². The number of Topliss-reactive ketones (excluding diaryl/α,β-unsaturated/α-hetero) is 1. The Hall–Kier alpha value is -1.62. The van der Waals surface area contributed by atoms with Crippen molar-refractivity contribution in [1.82, 2.24) is 10.3 Å². The number of nitrogens with one attached hydrogen (secondary N) is 2. The van der Waals surface area contributed by atoms with E-state index in [1.54, 1.807) is 13.8 Å². The zero-order valence-electron chi connectivity index (χ0n) is 10.9. The minimum Gasteiger partial charge on any atom is -0.464 e. The first-order chi connectivity index (χ1) is 8.54.